The summed E-state index contributed by atoms with van der Waals surface area (Å²) in [6.45, 7) is 0.796. The molecule has 2 N–H and O–H groups in total. The van der Waals surface area contributed by atoms with E-state index in [-0.39, 0.29) is 37.3 Å². The van der Waals surface area contributed by atoms with Crippen molar-refractivity contribution in [1.29, 1.82) is 0 Å². The van der Waals surface area contributed by atoms with Crippen LogP contribution in [0.2, 0.25) is 0 Å². The van der Waals surface area contributed by atoms with E-state index >= 15 is 0 Å². The highest BCUT2D eigenvalue weighted by atomic mass is 33.1. The highest BCUT2D eigenvalue weighted by Crippen LogP contribution is 2.40. The molecule has 2 fully saturated rings. The largest absolute Gasteiger partial charge is 0.459 e. The van der Waals surface area contributed by atoms with Crippen LogP contribution in [0.25, 0.3) is 10.4 Å². The maximum atomic E-state index is 12.4. The number of nitrogens with zero attached hydrogens (tertiary/aromatic N) is 3. The lowest BCUT2D eigenvalue weighted by Crippen LogP contribution is -2.42. The van der Waals surface area contributed by atoms with Gasteiger partial charge in [0.1, 0.15) is 6.10 Å². The average molecular weight is 606 g/mol. The fraction of sp³-hybridized carbons (Fsp3) is 0.880. The highest BCUT2D eigenvalue weighted by molar-refractivity contribution is 8.77. The Kier molecular flexibility index (Phi) is 19.2. The number of amides is 2. The molecular formula is C25H43N5O4S4. The smallest absolute Gasteiger partial charge is 0.306 e. The molecule has 2 aliphatic rings. The van der Waals surface area contributed by atoms with Crippen molar-refractivity contribution in [3.63, 3.8) is 0 Å². The van der Waals surface area contributed by atoms with Gasteiger partial charge in [-0.3, -0.25) is 14.4 Å². The van der Waals surface area contributed by atoms with Crippen LogP contribution in [0.5, 0.6) is 0 Å². The van der Waals surface area contributed by atoms with Crippen LogP contribution in [0.3, 0.4) is 0 Å². The van der Waals surface area contributed by atoms with E-state index in [1.54, 1.807) is 0 Å². The lowest BCUT2D eigenvalue weighted by Gasteiger charge is -2.19. The number of esters is 1. The number of carbonyl (C=O) groups is 3. The first kappa shape index (κ1) is 33.3. The van der Waals surface area contributed by atoms with E-state index in [4.69, 9.17) is 10.3 Å². The standard InChI is InChI=1S/C25H43N5O4S4/c26-30-29-15-7-1-2-12-25(33)34-20(18-27-23(31)10-5-3-8-21-13-16-35-37-21)19-28-24(32)11-6-4-9-22-14-17-36-38-22/h20-22H,1-19H2,(H,27,31)(H,28,32). The summed E-state index contributed by atoms with van der Waals surface area (Å²) in [5.41, 5.74) is 8.32. The molecule has 9 nitrogen and oxygen atoms in total. The van der Waals surface area contributed by atoms with E-state index < -0.39 is 6.10 Å². The van der Waals surface area contributed by atoms with Gasteiger partial charge >= 0.3 is 5.97 Å². The molecule has 13 heteroatoms. The highest BCUT2D eigenvalue weighted by Gasteiger charge is 2.19. The summed E-state index contributed by atoms with van der Waals surface area (Å²) in [5.74, 6) is 2.00. The third kappa shape index (κ3) is 16.9. The first-order valence-electron chi connectivity index (χ1n) is 13.9. The molecule has 0 spiro atoms. The van der Waals surface area contributed by atoms with Crippen LogP contribution in [0.4, 0.5) is 0 Å². The number of hydrogen-bond acceptors (Lipinski definition) is 9. The third-order valence-electron chi connectivity index (χ3n) is 6.37. The summed E-state index contributed by atoms with van der Waals surface area (Å²) in [7, 11) is 7.80. The van der Waals surface area contributed by atoms with Crippen LogP contribution in [-0.4, -0.2) is 65.5 Å². The molecule has 2 saturated heterocycles. The Hall–Kier alpha value is -0.880. The normalized spacial score (nSPS) is 19.5. The zero-order valence-corrected chi connectivity index (χ0v) is 25.5. The fourth-order valence-corrected chi connectivity index (χ4v) is 10.2. The number of azide groups is 1. The molecule has 2 atom stereocenters. The molecule has 38 heavy (non-hydrogen) atoms. The third-order valence-corrected chi connectivity index (χ3v) is 12.4. The zero-order chi connectivity index (χ0) is 27.3. The fourth-order valence-electron chi connectivity index (χ4n) is 4.15. The second-order valence-electron chi connectivity index (χ2n) is 9.63. The quantitative estimate of drug-likeness (QED) is 0.0382. The van der Waals surface area contributed by atoms with Gasteiger partial charge in [0, 0.05) is 52.7 Å². The van der Waals surface area contributed by atoms with Crippen LogP contribution < -0.4 is 10.6 Å². The molecule has 2 amide bonds. The number of carbonyl (C=O) groups excluding carboxylic acids is 3. The Balaban J connectivity index is 1.66. The maximum absolute atomic E-state index is 12.4. The van der Waals surface area contributed by atoms with E-state index in [1.807, 2.05) is 43.2 Å². The Labute approximate surface area is 243 Å². The monoisotopic (exact) mass is 605 g/mol. The van der Waals surface area contributed by atoms with E-state index in [9.17, 15) is 14.4 Å². The first-order chi connectivity index (χ1) is 18.6. The molecule has 0 aromatic rings. The number of nitrogens with one attached hydrogen (secondary N) is 2. The molecule has 2 rings (SSSR count). The lowest BCUT2D eigenvalue weighted by atomic mass is 10.1. The Morgan fingerprint density at radius 3 is 1.87 bits per heavy atom. The Morgan fingerprint density at radius 2 is 1.37 bits per heavy atom. The molecule has 0 saturated carbocycles. The number of unbranched alkanes of at least 4 members (excludes halogenated alkanes) is 4. The Morgan fingerprint density at radius 1 is 0.816 bits per heavy atom. The predicted octanol–water partition coefficient (Wildman–Crippen LogP) is 6.43. The molecule has 216 valence electrons. The van der Waals surface area contributed by atoms with Gasteiger partial charge in [0.15, 0.2) is 0 Å². The SMILES string of the molecule is [N-]=[N+]=NCCCCCC(=O)OC(CNC(=O)CCCCC1CCSS1)CNC(=O)CCCCC1CCSS1. The van der Waals surface area contributed by atoms with Crippen LogP contribution in [-0.2, 0) is 19.1 Å². The summed E-state index contributed by atoms with van der Waals surface area (Å²) in [5, 5.41) is 10.7. The van der Waals surface area contributed by atoms with Crippen molar-refractivity contribution in [2.45, 2.75) is 106 Å². The maximum Gasteiger partial charge on any atom is 0.306 e. The van der Waals surface area contributed by atoms with Gasteiger partial charge < -0.3 is 15.4 Å². The summed E-state index contributed by atoms with van der Waals surface area (Å²) < 4.78 is 5.60. The van der Waals surface area contributed by atoms with Gasteiger partial charge in [0.2, 0.25) is 11.8 Å². The van der Waals surface area contributed by atoms with Crippen molar-refractivity contribution in [1.82, 2.24) is 10.6 Å². The van der Waals surface area contributed by atoms with Crippen LogP contribution in [0.1, 0.15) is 89.9 Å². The second-order valence-corrected chi connectivity index (χ2v) is 15.2. The summed E-state index contributed by atoms with van der Waals surface area (Å²) in [6.07, 6.45) is 11.3. The summed E-state index contributed by atoms with van der Waals surface area (Å²) in [6, 6.07) is 0. The van der Waals surface area contributed by atoms with E-state index in [2.05, 4.69) is 20.7 Å². The number of hydrogen-bond donors (Lipinski definition) is 2. The van der Waals surface area contributed by atoms with Gasteiger partial charge in [-0.15, -0.1) is 0 Å². The average Bonchev–Trinajstić information content (AvgIpc) is 3.63. The van der Waals surface area contributed by atoms with Crippen molar-refractivity contribution in [3.8, 4) is 0 Å². The zero-order valence-electron chi connectivity index (χ0n) is 22.3. The van der Waals surface area contributed by atoms with Crippen LogP contribution >= 0.6 is 43.2 Å². The molecule has 0 bridgehead atoms. The van der Waals surface area contributed by atoms with Crippen LogP contribution in [0.15, 0.2) is 5.11 Å². The topological polar surface area (TPSA) is 133 Å². The molecule has 2 heterocycles. The van der Waals surface area contributed by atoms with Crippen molar-refractivity contribution in [2.24, 2.45) is 5.11 Å². The molecule has 0 aliphatic carbocycles. The van der Waals surface area contributed by atoms with Gasteiger partial charge in [0.25, 0.3) is 0 Å². The molecule has 2 aliphatic heterocycles. The molecule has 2 unspecified atom stereocenters. The van der Waals surface area contributed by atoms with E-state index in [1.165, 1.54) is 24.3 Å². The summed E-state index contributed by atoms with van der Waals surface area (Å²) >= 11 is 0. The van der Waals surface area contributed by atoms with Crippen LogP contribution in [0, 0.1) is 0 Å². The first-order valence-corrected chi connectivity index (χ1v) is 18.6. The summed E-state index contributed by atoms with van der Waals surface area (Å²) in [4.78, 5) is 39.8. The minimum absolute atomic E-state index is 0.0492. The molecular weight excluding hydrogens is 563 g/mol. The van der Waals surface area contributed by atoms with Crippen molar-refractivity contribution >= 4 is 61.0 Å². The van der Waals surface area contributed by atoms with Crippen molar-refractivity contribution in [3.05, 3.63) is 10.4 Å². The van der Waals surface area contributed by atoms with Gasteiger partial charge in [-0.25, -0.2) is 0 Å². The molecule has 0 aromatic heterocycles. The predicted molar refractivity (Wildman–Crippen MR) is 162 cm³/mol. The van der Waals surface area contributed by atoms with E-state index in [0.717, 1.165) is 61.9 Å². The molecule has 0 radical (unpaired) electrons. The second kappa shape index (κ2) is 21.9. The van der Waals surface area contributed by atoms with Gasteiger partial charge in [-0.05, 0) is 56.9 Å². The van der Waals surface area contributed by atoms with Gasteiger partial charge in [-0.1, -0.05) is 67.6 Å². The Bertz CT molecular complexity index is 705. The lowest BCUT2D eigenvalue weighted by molar-refractivity contribution is -0.150. The van der Waals surface area contributed by atoms with Crippen molar-refractivity contribution < 1.29 is 19.1 Å². The van der Waals surface area contributed by atoms with Gasteiger partial charge in [-0.2, -0.15) is 0 Å². The van der Waals surface area contributed by atoms with E-state index in [0.29, 0.717) is 25.8 Å². The minimum Gasteiger partial charge on any atom is -0.459 e. The minimum atomic E-state index is -0.600. The molecule has 0 aromatic carbocycles. The number of ether oxygens (including phenoxy) is 1. The van der Waals surface area contributed by atoms with Gasteiger partial charge in [0.05, 0.1) is 13.1 Å². The van der Waals surface area contributed by atoms with Crippen molar-refractivity contribution in [2.75, 3.05) is 31.1 Å². The number of rotatable bonds is 21.